The molecule has 4 fully saturated rings. The summed E-state index contributed by atoms with van der Waals surface area (Å²) in [4.78, 5) is 28.4. The Morgan fingerprint density at radius 2 is 1.91 bits per heavy atom. The van der Waals surface area contributed by atoms with Crippen LogP contribution in [0.1, 0.15) is 67.2 Å². The van der Waals surface area contributed by atoms with Crippen LogP contribution in [0.4, 0.5) is 0 Å². The van der Waals surface area contributed by atoms with Gasteiger partial charge in [0.2, 0.25) is 5.91 Å². The molecule has 0 spiro atoms. The van der Waals surface area contributed by atoms with Gasteiger partial charge in [0.15, 0.2) is 11.9 Å². The van der Waals surface area contributed by atoms with Crippen molar-refractivity contribution < 1.29 is 19.4 Å². The third kappa shape index (κ3) is 3.31. The lowest BCUT2D eigenvalue weighted by Crippen LogP contribution is -2.75. The molecule has 2 aliphatic heterocycles. The van der Waals surface area contributed by atoms with Crippen LogP contribution >= 0.6 is 11.6 Å². The fraction of sp³-hybridized carbons (Fsp3) is 0.481. The monoisotopic (exact) mass is 465 g/mol. The molecule has 172 valence electrons. The number of fused-ring (bicyclic) bond motifs is 1. The Bertz CT molecular complexity index is 1120. The van der Waals surface area contributed by atoms with Crippen LogP contribution in [0.25, 0.3) is 0 Å². The van der Waals surface area contributed by atoms with Gasteiger partial charge in [-0.1, -0.05) is 41.4 Å². The molecule has 1 saturated heterocycles. The Balaban J connectivity index is 1.08. The second-order valence-electron chi connectivity index (χ2n) is 10.7. The largest absolute Gasteiger partial charge is 0.482 e. The van der Waals surface area contributed by atoms with E-state index in [2.05, 4.69) is 36.1 Å². The van der Waals surface area contributed by atoms with Gasteiger partial charge < -0.3 is 14.7 Å². The van der Waals surface area contributed by atoms with Crippen LogP contribution in [0.15, 0.2) is 42.5 Å². The van der Waals surface area contributed by atoms with Crippen LogP contribution in [0.3, 0.4) is 0 Å². The summed E-state index contributed by atoms with van der Waals surface area (Å²) in [6.07, 6.45) is 2.92. The number of amides is 1. The average molecular weight is 466 g/mol. The number of ketones is 1. The Hall–Kier alpha value is -2.37. The molecule has 1 N–H and O–H groups in total. The molecular weight excluding hydrogens is 438 g/mol. The minimum absolute atomic E-state index is 0.00606. The van der Waals surface area contributed by atoms with E-state index in [0.29, 0.717) is 22.8 Å². The highest BCUT2D eigenvalue weighted by atomic mass is 35.5. The molecule has 2 bridgehead atoms. The molecule has 2 aromatic carbocycles. The molecule has 7 rings (SSSR count). The average Bonchev–Trinajstić information content (AvgIpc) is 3.11. The first kappa shape index (κ1) is 21.2. The van der Waals surface area contributed by atoms with Gasteiger partial charge in [-0.25, -0.2) is 0 Å². The van der Waals surface area contributed by atoms with Crippen molar-refractivity contribution in [2.45, 2.75) is 69.1 Å². The predicted octanol–water partition coefficient (Wildman–Crippen LogP) is 4.73. The molecule has 2 heterocycles. The van der Waals surface area contributed by atoms with Crippen molar-refractivity contribution in [1.29, 1.82) is 0 Å². The highest BCUT2D eigenvalue weighted by molar-refractivity contribution is 6.30. The number of aliphatic hydroxyl groups is 1. The van der Waals surface area contributed by atoms with Crippen LogP contribution in [0.2, 0.25) is 5.02 Å². The number of Topliss-reactive ketones (excluding diaryl/α,β-unsaturated/α-hetero) is 1. The van der Waals surface area contributed by atoms with Crippen LogP contribution < -0.4 is 4.74 Å². The molecule has 6 heteroatoms. The molecule has 3 atom stereocenters. The van der Waals surface area contributed by atoms with Crippen molar-refractivity contribution in [1.82, 2.24) is 4.90 Å². The summed E-state index contributed by atoms with van der Waals surface area (Å²) in [6, 6.07) is 13.4. The zero-order valence-corrected chi connectivity index (χ0v) is 19.5. The number of nitrogens with zero attached hydrogens (tertiary/aromatic N) is 1. The highest BCUT2D eigenvalue weighted by Gasteiger charge is 2.72. The van der Waals surface area contributed by atoms with E-state index in [0.717, 1.165) is 37.8 Å². The number of ether oxygens (including phenoxy) is 1. The number of likely N-dealkylation sites (tertiary alicyclic amines) is 1. The number of aryl methyl sites for hydroxylation is 1. The maximum absolute atomic E-state index is 13.2. The number of aliphatic hydroxyl groups excluding tert-OH is 1. The van der Waals surface area contributed by atoms with Gasteiger partial charge in [0.25, 0.3) is 0 Å². The number of rotatable bonds is 5. The summed E-state index contributed by atoms with van der Waals surface area (Å²) in [6.45, 7) is 2.86. The van der Waals surface area contributed by atoms with E-state index < -0.39 is 12.2 Å². The normalized spacial score (nSPS) is 34.2. The number of hydrogen-bond donors (Lipinski definition) is 1. The number of benzene rings is 2. The summed E-state index contributed by atoms with van der Waals surface area (Å²) >= 11 is 6.03. The summed E-state index contributed by atoms with van der Waals surface area (Å²) < 4.78 is 5.93. The summed E-state index contributed by atoms with van der Waals surface area (Å²) in [5.41, 5.74) is 2.90. The molecule has 0 unspecified atom stereocenters. The van der Waals surface area contributed by atoms with Crippen LogP contribution in [0.5, 0.6) is 5.75 Å². The van der Waals surface area contributed by atoms with Gasteiger partial charge in [-0.05, 0) is 61.8 Å². The Kier molecular flexibility index (Phi) is 4.69. The first-order valence-corrected chi connectivity index (χ1v) is 12.2. The molecule has 0 aromatic heterocycles. The Morgan fingerprint density at radius 1 is 1.18 bits per heavy atom. The molecular formula is C27H28ClNO4. The first-order chi connectivity index (χ1) is 15.8. The van der Waals surface area contributed by atoms with Crippen molar-refractivity contribution >= 4 is 23.3 Å². The van der Waals surface area contributed by atoms with E-state index in [1.807, 2.05) is 0 Å². The second-order valence-corrected chi connectivity index (χ2v) is 11.1. The molecule has 1 amide bonds. The van der Waals surface area contributed by atoms with Gasteiger partial charge in [0.1, 0.15) is 5.75 Å². The third-order valence-electron chi connectivity index (χ3n) is 8.32. The standard InChI is InChI=1S/C27H28ClNO4/c1-16-2-4-17(5-3-16)19-8-9-29(25(19)32)27-13-26(14-27,15-27)12-22(31)24-11-21(30)20-10-18(28)6-7-23(20)33-24/h2-7,10,19,21,24,30H,8-9,11-15H2,1H3/t19-,21+,24+,26?,27?/m0/s1. The van der Waals surface area contributed by atoms with Gasteiger partial charge in [-0.3, -0.25) is 9.59 Å². The highest BCUT2D eigenvalue weighted by Crippen LogP contribution is 2.72. The predicted molar refractivity (Wildman–Crippen MR) is 124 cm³/mol. The van der Waals surface area contributed by atoms with Crippen molar-refractivity contribution in [3.8, 4) is 5.75 Å². The molecule has 5 aliphatic rings. The molecule has 2 aromatic rings. The van der Waals surface area contributed by atoms with E-state index in [-0.39, 0.29) is 35.0 Å². The van der Waals surface area contributed by atoms with E-state index in [1.165, 1.54) is 5.56 Å². The fourth-order valence-electron chi connectivity index (χ4n) is 6.77. The second kappa shape index (κ2) is 7.31. The van der Waals surface area contributed by atoms with Crippen molar-refractivity contribution in [2.24, 2.45) is 5.41 Å². The van der Waals surface area contributed by atoms with E-state index in [4.69, 9.17) is 16.3 Å². The summed E-state index contributed by atoms with van der Waals surface area (Å²) in [5.74, 6) is 0.791. The van der Waals surface area contributed by atoms with Crippen LogP contribution in [0, 0.1) is 12.3 Å². The summed E-state index contributed by atoms with van der Waals surface area (Å²) in [5, 5.41) is 11.0. The van der Waals surface area contributed by atoms with Crippen LogP contribution in [-0.2, 0) is 9.59 Å². The van der Waals surface area contributed by atoms with E-state index >= 15 is 0 Å². The topological polar surface area (TPSA) is 66.8 Å². The molecule has 3 saturated carbocycles. The summed E-state index contributed by atoms with van der Waals surface area (Å²) in [7, 11) is 0. The lowest BCUT2D eigenvalue weighted by molar-refractivity contribution is -0.218. The maximum Gasteiger partial charge on any atom is 0.230 e. The third-order valence-corrected chi connectivity index (χ3v) is 8.55. The van der Waals surface area contributed by atoms with Crippen molar-refractivity contribution in [3.05, 3.63) is 64.2 Å². The molecule has 3 aliphatic carbocycles. The van der Waals surface area contributed by atoms with Gasteiger partial charge in [0, 0.05) is 35.5 Å². The molecule has 0 radical (unpaired) electrons. The van der Waals surface area contributed by atoms with Gasteiger partial charge in [-0.2, -0.15) is 0 Å². The quantitative estimate of drug-likeness (QED) is 0.693. The lowest BCUT2D eigenvalue weighted by atomic mass is 9.37. The minimum Gasteiger partial charge on any atom is -0.482 e. The van der Waals surface area contributed by atoms with Crippen molar-refractivity contribution in [2.75, 3.05) is 6.54 Å². The number of halogens is 1. The Labute approximate surface area is 198 Å². The lowest BCUT2D eigenvalue weighted by Gasteiger charge is -2.73. The fourth-order valence-corrected chi connectivity index (χ4v) is 6.95. The van der Waals surface area contributed by atoms with Gasteiger partial charge in [-0.15, -0.1) is 0 Å². The number of carbonyl (C=O) groups is 2. The van der Waals surface area contributed by atoms with Crippen molar-refractivity contribution in [3.63, 3.8) is 0 Å². The minimum atomic E-state index is -0.748. The molecule has 5 nitrogen and oxygen atoms in total. The van der Waals surface area contributed by atoms with Crippen LogP contribution in [-0.4, -0.2) is 39.9 Å². The Morgan fingerprint density at radius 3 is 2.64 bits per heavy atom. The zero-order valence-electron chi connectivity index (χ0n) is 18.7. The number of carbonyl (C=O) groups excluding carboxylic acids is 2. The number of hydrogen-bond acceptors (Lipinski definition) is 4. The maximum atomic E-state index is 13.2. The first-order valence-electron chi connectivity index (χ1n) is 11.8. The zero-order chi connectivity index (χ0) is 23.0. The van der Waals surface area contributed by atoms with E-state index in [9.17, 15) is 14.7 Å². The van der Waals surface area contributed by atoms with Gasteiger partial charge >= 0.3 is 0 Å². The smallest absolute Gasteiger partial charge is 0.230 e. The SMILES string of the molecule is Cc1ccc([C@@H]2CCN(C34CC(CC(=O)[C@H]5C[C@@H](O)c6cc(Cl)ccc6O5)(C3)C4)C2=O)cc1. The van der Waals surface area contributed by atoms with E-state index in [1.54, 1.807) is 18.2 Å². The molecule has 33 heavy (non-hydrogen) atoms. The van der Waals surface area contributed by atoms with Gasteiger partial charge in [0.05, 0.1) is 12.0 Å².